The molecule has 2 aliphatic rings. The number of urea groups is 1. The zero-order chi connectivity index (χ0) is 11.3. The molecule has 2 atom stereocenters. The summed E-state index contributed by atoms with van der Waals surface area (Å²) in [7, 11) is 0. The maximum absolute atomic E-state index is 10.6. The molecule has 4 heteroatoms. The molecule has 0 heterocycles. The number of carbonyl (C=O) groups excluding carboxylic acids is 1. The van der Waals surface area contributed by atoms with E-state index in [1.54, 1.807) is 0 Å². The molecule has 0 spiro atoms. The highest BCUT2D eigenvalue weighted by atomic mass is 16.2. The molecule has 2 rings (SSSR count). The van der Waals surface area contributed by atoms with Crippen molar-refractivity contribution in [1.29, 1.82) is 0 Å². The van der Waals surface area contributed by atoms with Crippen molar-refractivity contribution in [3.8, 4) is 0 Å². The summed E-state index contributed by atoms with van der Waals surface area (Å²) in [5.41, 5.74) is 9.12. The zero-order valence-electron chi connectivity index (χ0n) is 9.63. The van der Waals surface area contributed by atoms with Crippen LogP contribution in [0.15, 0.2) is 5.10 Å². The average molecular weight is 209 g/mol. The van der Waals surface area contributed by atoms with Crippen LogP contribution in [0.4, 0.5) is 4.79 Å². The molecule has 2 saturated carbocycles. The lowest BCUT2D eigenvalue weighted by Gasteiger charge is -2.33. The lowest BCUT2D eigenvalue weighted by Crippen LogP contribution is -2.28. The van der Waals surface area contributed by atoms with Crippen molar-refractivity contribution in [1.82, 2.24) is 5.43 Å². The predicted octanol–water partition coefficient (Wildman–Crippen LogP) is 1.86. The fourth-order valence-corrected chi connectivity index (χ4v) is 3.23. The Hall–Kier alpha value is -1.06. The van der Waals surface area contributed by atoms with Gasteiger partial charge >= 0.3 is 6.03 Å². The molecule has 15 heavy (non-hydrogen) atoms. The summed E-state index contributed by atoms with van der Waals surface area (Å²) in [6.07, 6.45) is 3.44. The molecular weight excluding hydrogens is 190 g/mol. The smallest absolute Gasteiger partial charge is 0.332 e. The minimum absolute atomic E-state index is 0.297. The number of rotatable bonds is 1. The van der Waals surface area contributed by atoms with Gasteiger partial charge in [0.2, 0.25) is 0 Å². The Labute approximate surface area is 90.3 Å². The first-order valence-corrected chi connectivity index (χ1v) is 5.49. The Morgan fingerprint density at radius 3 is 2.60 bits per heavy atom. The summed E-state index contributed by atoms with van der Waals surface area (Å²) >= 11 is 0. The third kappa shape index (κ3) is 1.34. The fourth-order valence-electron chi connectivity index (χ4n) is 3.23. The second kappa shape index (κ2) is 2.97. The number of nitrogens with zero attached hydrogens (tertiary/aromatic N) is 1. The van der Waals surface area contributed by atoms with Crippen molar-refractivity contribution in [2.24, 2.45) is 27.6 Å². The molecule has 0 saturated heterocycles. The third-order valence-electron chi connectivity index (χ3n) is 4.69. The first-order valence-electron chi connectivity index (χ1n) is 5.49. The number of nitrogens with one attached hydrogen (secondary N) is 1. The van der Waals surface area contributed by atoms with Crippen molar-refractivity contribution in [2.75, 3.05) is 0 Å². The second-order valence-electron chi connectivity index (χ2n) is 5.63. The molecule has 2 amide bonds. The molecule has 0 radical (unpaired) electrons. The maximum atomic E-state index is 10.6. The zero-order valence-corrected chi connectivity index (χ0v) is 9.63. The van der Waals surface area contributed by atoms with E-state index in [1.807, 2.05) is 0 Å². The fraction of sp³-hybridized carbons (Fsp3) is 0.818. The standard InChI is InChI=1S/C11H19N3O/c1-10(2)7-4-5-11(10,3)6-8(7)13-14-9(12)15/h7H,4-6H2,1-3H3,(H3,12,14,15)/b13-8+. The quantitative estimate of drug-likeness (QED) is 0.636. The average Bonchev–Trinajstić information content (AvgIpc) is 2.45. The number of carbonyl (C=O) groups is 1. The van der Waals surface area contributed by atoms with Gasteiger partial charge in [-0.1, -0.05) is 20.8 Å². The van der Waals surface area contributed by atoms with Crippen LogP contribution in [0.3, 0.4) is 0 Å². The Bertz CT molecular complexity index is 332. The first-order chi connectivity index (χ1) is 6.87. The molecule has 3 N–H and O–H groups in total. The van der Waals surface area contributed by atoms with Gasteiger partial charge in [0.1, 0.15) is 0 Å². The number of fused-ring (bicyclic) bond motifs is 2. The Morgan fingerprint density at radius 1 is 1.53 bits per heavy atom. The van der Waals surface area contributed by atoms with Crippen molar-refractivity contribution < 1.29 is 4.79 Å². The van der Waals surface area contributed by atoms with E-state index in [0.29, 0.717) is 16.7 Å². The summed E-state index contributed by atoms with van der Waals surface area (Å²) in [5.74, 6) is 0.509. The predicted molar refractivity (Wildman–Crippen MR) is 59.4 cm³/mol. The number of hydrazone groups is 1. The van der Waals surface area contributed by atoms with Crippen LogP contribution in [-0.2, 0) is 0 Å². The van der Waals surface area contributed by atoms with Gasteiger partial charge in [0.25, 0.3) is 0 Å². The molecule has 0 aromatic heterocycles. The SMILES string of the molecule is CC12CCC(/C(=N/NC(N)=O)C1)C2(C)C. The van der Waals surface area contributed by atoms with Gasteiger partial charge in [-0.2, -0.15) is 5.10 Å². The van der Waals surface area contributed by atoms with Crippen LogP contribution < -0.4 is 11.2 Å². The third-order valence-corrected chi connectivity index (χ3v) is 4.69. The highest BCUT2D eigenvalue weighted by Gasteiger charge is 2.59. The summed E-state index contributed by atoms with van der Waals surface area (Å²) in [5, 5.41) is 4.14. The van der Waals surface area contributed by atoms with Crippen molar-refractivity contribution in [2.45, 2.75) is 40.0 Å². The Balaban J connectivity index is 2.22. The van der Waals surface area contributed by atoms with Gasteiger partial charge in [0.05, 0.1) is 0 Å². The van der Waals surface area contributed by atoms with E-state index in [1.165, 1.54) is 12.8 Å². The molecule has 2 fully saturated rings. The number of amides is 2. The molecule has 2 bridgehead atoms. The lowest BCUT2D eigenvalue weighted by atomic mass is 9.71. The molecule has 0 aliphatic heterocycles. The van der Waals surface area contributed by atoms with Gasteiger partial charge in [0.15, 0.2) is 0 Å². The monoisotopic (exact) mass is 209 g/mol. The maximum Gasteiger partial charge on any atom is 0.332 e. The molecule has 0 aromatic carbocycles. The van der Waals surface area contributed by atoms with E-state index in [4.69, 9.17) is 5.73 Å². The largest absolute Gasteiger partial charge is 0.350 e. The Morgan fingerprint density at radius 2 is 2.20 bits per heavy atom. The minimum atomic E-state index is -0.576. The molecular formula is C11H19N3O. The molecule has 2 aliphatic carbocycles. The number of primary amides is 1. The molecule has 0 aromatic rings. The van der Waals surface area contributed by atoms with Crippen LogP contribution in [0.1, 0.15) is 40.0 Å². The van der Waals surface area contributed by atoms with Crippen LogP contribution in [0.5, 0.6) is 0 Å². The number of hydrogen-bond donors (Lipinski definition) is 2. The molecule has 2 unspecified atom stereocenters. The van der Waals surface area contributed by atoms with E-state index in [-0.39, 0.29) is 0 Å². The number of hydrogen-bond acceptors (Lipinski definition) is 2. The topological polar surface area (TPSA) is 67.5 Å². The summed E-state index contributed by atoms with van der Waals surface area (Å²) in [6, 6.07) is -0.576. The van der Waals surface area contributed by atoms with Gasteiger partial charge < -0.3 is 5.73 Å². The van der Waals surface area contributed by atoms with Crippen LogP contribution in [0, 0.1) is 16.7 Å². The second-order valence-corrected chi connectivity index (χ2v) is 5.63. The van der Waals surface area contributed by atoms with E-state index < -0.39 is 6.03 Å². The van der Waals surface area contributed by atoms with E-state index >= 15 is 0 Å². The van der Waals surface area contributed by atoms with Crippen molar-refractivity contribution in [3.05, 3.63) is 0 Å². The summed E-state index contributed by atoms with van der Waals surface area (Å²) in [4.78, 5) is 10.6. The van der Waals surface area contributed by atoms with Crippen LogP contribution in [0.2, 0.25) is 0 Å². The molecule has 4 nitrogen and oxygen atoms in total. The van der Waals surface area contributed by atoms with Crippen LogP contribution in [0.25, 0.3) is 0 Å². The first kappa shape index (κ1) is 10.5. The van der Waals surface area contributed by atoms with Crippen LogP contribution in [-0.4, -0.2) is 11.7 Å². The highest BCUT2D eigenvalue weighted by Crippen LogP contribution is 2.64. The summed E-state index contributed by atoms with van der Waals surface area (Å²) < 4.78 is 0. The summed E-state index contributed by atoms with van der Waals surface area (Å²) in [6.45, 7) is 6.93. The van der Waals surface area contributed by atoms with Crippen molar-refractivity contribution >= 4 is 11.7 Å². The van der Waals surface area contributed by atoms with Gasteiger partial charge in [-0.25, -0.2) is 10.2 Å². The van der Waals surface area contributed by atoms with Gasteiger partial charge in [-0.05, 0) is 30.1 Å². The van der Waals surface area contributed by atoms with Gasteiger partial charge in [-0.3, -0.25) is 0 Å². The van der Waals surface area contributed by atoms with Gasteiger partial charge in [-0.15, -0.1) is 0 Å². The van der Waals surface area contributed by atoms with Crippen LogP contribution >= 0.6 is 0 Å². The highest BCUT2D eigenvalue weighted by molar-refractivity contribution is 5.92. The molecule has 84 valence electrons. The number of nitrogens with two attached hydrogens (primary N) is 1. The van der Waals surface area contributed by atoms with Crippen molar-refractivity contribution in [3.63, 3.8) is 0 Å². The van der Waals surface area contributed by atoms with E-state index in [0.717, 1.165) is 12.1 Å². The normalized spacial score (nSPS) is 39.7. The minimum Gasteiger partial charge on any atom is -0.350 e. The van der Waals surface area contributed by atoms with Gasteiger partial charge in [0, 0.05) is 11.6 Å². The van der Waals surface area contributed by atoms with E-state index in [2.05, 4.69) is 31.3 Å². The lowest BCUT2D eigenvalue weighted by molar-refractivity contribution is 0.152. The van der Waals surface area contributed by atoms with E-state index in [9.17, 15) is 4.79 Å². The Kier molecular flexibility index (Phi) is 2.07.